The summed E-state index contributed by atoms with van der Waals surface area (Å²) in [4.78, 5) is 47.1. The van der Waals surface area contributed by atoms with E-state index in [-0.39, 0.29) is 30.1 Å². The first-order valence-corrected chi connectivity index (χ1v) is 11.0. The van der Waals surface area contributed by atoms with Crippen molar-refractivity contribution < 1.29 is 37.2 Å². The number of hydrogen-bond donors (Lipinski definition) is 1. The molecule has 26 heavy (non-hydrogen) atoms. The number of amides is 2. The van der Waals surface area contributed by atoms with Crippen molar-refractivity contribution in [2.75, 3.05) is 5.75 Å². The molecule has 0 radical (unpaired) electrons. The fourth-order valence-electron chi connectivity index (χ4n) is 1.81. The predicted octanol–water partition coefficient (Wildman–Crippen LogP) is 1.01. The van der Waals surface area contributed by atoms with Crippen LogP contribution in [0.15, 0.2) is 29.4 Å². The van der Waals surface area contributed by atoms with Gasteiger partial charge in [0.1, 0.15) is 5.03 Å². The average molecular weight is 422 g/mol. The van der Waals surface area contributed by atoms with E-state index in [1.807, 2.05) is 0 Å². The third-order valence-corrected chi connectivity index (χ3v) is 6.51. The highest BCUT2D eigenvalue weighted by Crippen LogP contribution is 2.30. The summed E-state index contributed by atoms with van der Waals surface area (Å²) in [6, 6.07) is 5.28. The Bertz CT molecular complexity index is 755. The highest BCUT2D eigenvalue weighted by Gasteiger charge is 2.37. The van der Waals surface area contributed by atoms with Gasteiger partial charge in [0.15, 0.2) is 5.25 Å². The lowest BCUT2D eigenvalue weighted by atomic mass is 10.3. The highest BCUT2D eigenvalue weighted by atomic mass is 33.1. The molecule has 1 aromatic rings. The Morgan fingerprint density at radius 1 is 1.31 bits per heavy atom. The van der Waals surface area contributed by atoms with Gasteiger partial charge in [0.05, 0.1) is 0 Å². The maximum atomic E-state index is 11.9. The van der Waals surface area contributed by atoms with Crippen LogP contribution in [0.2, 0.25) is 0 Å². The lowest BCUT2D eigenvalue weighted by Crippen LogP contribution is -2.36. The quantitative estimate of drug-likeness (QED) is 0.152. The number of aromatic nitrogens is 1. The molecule has 0 bridgehead atoms. The summed E-state index contributed by atoms with van der Waals surface area (Å²) in [5.41, 5.74) is 0. The maximum Gasteiger partial charge on any atom is 0.365 e. The third kappa shape index (κ3) is 5.95. The number of imide groups is 1. The largest absolute Gasteiger partial charge is 0.365 e. The number of carbonyl (C=O) groups excluding carboxylic acids is 3. The van der Waals surface area contributed by atoms with Crippen LogP contribution in [-0.2, 0) is 34.4 Å². The van der Waals surface area contributed by atoms with Crippen molar-refractivity contribution in [1.29, 1.82) is 0 Å². The molecule has 1 fully saturated rings. The molecule has 10 nitrogen and oxygen atoms in total. The first-order chi connectivity index (χ1) is 12.3. The first-order valence-electron chi connectivity index (χ1n) is 7.20. The lowest BCUT2D eigenvalue weighted by molar-refractivity contribution is -0.364. The van der Waals surface area contributed by atoms with Gasteiger partial charge in [0.2, 0.25) is 0 Å². The Kier molecular flexibility index (Phi) is 7.40. The molecule has 1 N–H and O–H groups in total. The number of rotatable bonds is 9. The zero-order chi connectivity index (χ0) is 19.2. The van der Waals surface area contributed by atoms with E-state index in [9.17, 15) is 27.4 Å². The molecule has 2 heterocycles. The van der Waals surface area contributed by atoms with E-state index in [0.29, 0.717) is 5.03 Å². The minimum Gasteiger partial charge on any atom is -0.285 e. The smallest absolute Gasteiger partial charge is 0.285 e. The molecule has 1 saturated heterocycles. The van der Waals surface area contributed by atoms with E-state index in [1.165, 1.54) is 21.6 Å². The monoisotopic (exact) mass is 422 g/mol. The minimum atomic E-state index is -4.76. The Hall–Kier alpha value is -1.67. The van der Waals surface area contributed by atoms with Gasteiger partial charge in [-0.1, -0.05) is 16.9 Å². The number of pyridine rings is 1. The number of nitrogens with zero attached hydrogens (tertiary/aromatic N) is 2. The number of carbonyl (C=O) groups is 3. The lowest BCUT2D eigenvalue weighted by Gasteiger charge is -2.14. The van der Waals surface area contributed by atoms with Crippen LogP contribution in [0, 0.1) is 0 Å². The molecule has 2 rings (SSSR count). The fraction of sp³-hybridized carbons (Fsp3) is 0.385. The predicted molar refractivity (Wildman–Crippen MR) is 90.8 cm³/mol. The van der Waals surface area contributed by atoms with Crippen molar-refractivity contribution in [3.8, 4) is 0 Å². The van der Waals surface area contributed by atoms with Crippen molar-refractivity contribution in [3.05, 3.63) is 24.4 Å². The van der Waals surface area contributed by atoms with Gasteiger partial charge in [-0.25, -0.2) is 9.78 Å². The van der Waals surface area contributed by atoms with Crippen molar-refractivity contribution in [2.45, 2.75) is 29.5 Å². The van der Waals surface area contributed by atoms with Gasteiger partial charge >= 0.3 is 5.97 Å². The highest BCUT2D eigenvalue weighted by molar-refractivity contribution is 8.76. The van der Waals surface area contributed by atoms with Crippen LogP contribution in [0.25, 0.3) is 0 Å². The molecule has 1 aliphatic heterocycles. The average Bonchev–Trinajstić information content (AvgIpc) is 2.90. The maximum absolute atomic E-state index is 11.9. The molecule has 1 atom stereocenters. The molecule has 142 valence electrons. The summed E-state index contributed by atoms with van der Waals surface area (Å²) < 4.78 is 32.0. The van der Waals surface area contributed by atoms with Gasteiger partial charge in [-0.3, -0.25) is 19.0 Å². The molecule has 0 aliphatic carbocycles. The zero-order valence-corrected chi connectivity index (χ0v) is 15.6. The van der Waals surface area contributed by atoms with E-state index in [4.69, 9.17) is 0 Å². The fourth-order valence-corrected chi connectivity index (χ4v) is 4.63. The van der Waals surface area contributed by atoms with Gasteiger partial charge in [0, 0.05) is 24.8 Å². The second kappa shape index (κ2) is 9.32. The van der Waals surface area contributed by atoms with Gasteiger partial charge in [-0.15, -0.1) is 5.06 Å². The summed E-state index contributed by atoms with van der Waals surface area (Å²) in [5.74, 6) is -2.69. The van der Waals surface area contributed by atoms with Crippen molar-refractivity contribution >= 4 is 49.5 Å². The Labute approximate surface area is 156 Å². The van der Waals surface area contributed by atoms with E-state index < -0.39 is 33.2 Å². The van der Waals surface area contributed by atoms with E-state index in [2.05, 4.69) is 14.9 Å². The molecule has 1 aliphatic rings. The van der Waals surface area contributed by atoms with Crippen LogP contribution in [0.4, 0.5) is 0 Å². The summed E-state index contributed by atoms with van der Waals surface area (Å²) in [5, 5.41) is -0.977. The standard InChI is InChI=1S/C13H14N2O8S3/c16-11-4-5-12(17)15(11)23-22-13(18)9(26(19,20)21)6-8-24-25-10-3-1-2-7-14-10/h1-3,7,9H,4-6,8H2,(H,19,20,21). The second-order valence-corrected chi connectivity index (χ2v) is 8.96. The van der Waals surface area contributed by atoms with Crippen LogP contribution in [-0.4, -0.2) is 51.8 Å². The van der Waals surface area contributed by atoms with Crippen molar-refractivity contribution in [3.63, 3.8) is 0 Å². The van der Waals surface area contributed by atoms with Gasteiger partial charge in [-0.05, 0) is 34.3 Å². The molecule has 1 unspecified atom stereocenters. The van der Waals surface area contributed by atoms with Crippen LogP contribution < -0.4 is 0 Å². The summed E-state index contributed by atoms with van der Waals surface area (Å²) in [6.45, 7) is 0. The van der Waals surface area contributed by atoms with Crippen molar-refractivity contribution in [1.82, 2.24) is 10.0 Å². The van der Waals surface area contributed by atoms with E-state index >= 15 is 0 Å². The zero-order valence-electron chi connectivity index (χ0n) is 13.1. The van der Waals surface area contributed by atoms with Gasteiger partial charge in [0.25, 0.3) is 21.9 Å². The van der Waals surface area contributed by atoms with Crippen LogP contribution in [0.5, 0.6) is 0 Å². The van der Waals surface area contributed by atoms with Gasteiger partial charge in [-0.2, -0.15) is 8.42 Å². The molecular formula is C13H14N2O8S3. The van der Waals surface area contributed by atoms with Crippen LogP contribution in [0.3, 0.4) is 0 Å². The SMILES string of the molecule is O=C(OON1C(=O)CCC1=O)C(CCSSc1ccccn1)S(=O)(=O)O. The third-order valence-electron chi connectivity index (χ3n) is 3.07. The van der Waals surface area contributed by atoms with E-state index in [1.54, 1.807) is 24.4 Å². The molecule has 1 aromatic heterocycles. The Morgan fingerprint density at radius 2 is 2.00 bits per heavy atom. The summed E-state index contributed by atoms with van der Waals surface area (Å²) >= 11 is 0. The molecule has 13 heteroatoms. The topological polar surface area (TPSA) is 140 Å². The Morgan fingerprint density at radius 3 is 2.58 bits per heavy atom. The minimum absolute atomic E-state index is 0.0977. The summed E-state index contributed by atoms with van der Waals surface area (Å²) in [6.07, 6.45) is 1.13. The van der Waals surface area contributed by atoms with Crippen LogP contribution in [0.1, 0.15) is 19.3 Å². The second-order valence-electron chi connectivity index (χ2n) is 4.92. The molecule has 2 amide bonds. The summed E-state index contributed by atoms with van der Waals surface area (Å²) in [7, 11) is -2.27. The molecular weight excluding hydrogens is 408 g/mol. The van der Waals surface area contributed by atoms with Gasteiger partial charge < -0.3 is 0 Å². The normalized spacial score (nSPS) is 16.0. The molecule has 0 aromatic carbocycles. The van der Waals surface area contributed by atoms with Crippen molar-refractivity contribution in [2.24, 2.45) is 0 Å². The number of hydrogen-bond acceptors (Lipinski definition) is 10. The molecule has 0 saturated carbocycles. The Balaban J connectivity index is 1.85. The molecule has 0 spiro atoms. The van der Waals surface area contributed by atoms with E-state index in [0.717, 1.165) is 0 Å². The first kappa shape index (κ1) is 20.6. The van der Waals surface area contributed by atoms with Crippen LogP contribution >= 0.6 is 21.6 Å². The number of hydroxylamine groups is 2.